The third-order valence-corrected chi connectivity index (χ3v) is 3.75. The zero-order chi connectivity index (χ0) is 14.9. The molecule has 0 radical (unpaired) electrons. The maximum Gasteiger partial charge on any atom is 0.416 e. The summed E-state index contributed by atoms with van der Waals surface area (Å²) in [6.45, 7) is 3.22. The second-order valence-corrected chi connectivity index (χ2v) is 5.18. The third kappa shape index (κ3) is 2.73. The van der Waals surface area contributed by atoms with E-state index in [1.54, 1.807) is 0 Å². The molecule has 0 saturated carbocycles. The van der Waals surface area contributed by atoms with Gasteiger partial charge in [-0.25, -0.2) is 0 Å². The van der Waals surface area contributed by atoms with Crippen LogP contribution in [0, 0.1) is 17.2 Å². The minimum absolute atomic E-state index is 0.0596. The number of nitrogens with two attached hydrogens (primary N) is 1. The summed E-state index contributed by atoms with van der Waals surface area (Å²) in [5.74, 6) is 0.318. The fraction of sp³-hybridized carbons (Fsp3) is 0.500. The Bertz CT molecular complexity index is 533. The van der Waals surface area contributed by atoms with Crippen LogP contribution in [-0.2, 0) is 6.18 Å². The van der Waals surface area contributed by atoms with Gasteiger partial charge in [-0.15, -0.1) is 0 Å². The van der Waals surface area contributed by atoms with Crippen molar-refractivity contribution in [3.8, 4) is 6.07 Å². The molecule has 0 spiro atoms. The summed E-state index contributed by atoms with van der Waals surface area (Å²) in [6.07, 6.45) is -3.54. The molecule has 1 saturated heterocycles. The van der Waals surface area contributed by atoms with Crippen LogP contribution in [0.25, 0.3) is 0 Å². The second kappa shape index (κ2) is 5.33. The lowest BCUT2D eigenvalue weighted by Crippen LogP contribution is -2.28. The minimum Gasteiger partial charge on any atom is -0.367 e. The lowest BCUT2D eigenvalue weighted by molar-refractivity contribution is -0.137. The van der Waals surface area contributed by atoms with Gasteiger partial charge in [-0.05, 0) is 44.0 Å². The number of nitriles is 1. The summed E-state index contributed by atoms with van der Waals surface area (Å²) in [5, 5.41) is 9.11. The predicted molar refractivity (Wildman–Crippen MR) is 70.1 cm³/mol. The van der Waals surface area contributed by atoms with Gasteiger partial charge in [0.05, 0.1) is 16.8 Å². The van der Waals surface area contributed by atoms with Crippen molar-refractivity contribution in [2.24, 2.45) is 11.7 Å². The minimum atomic E-state index is -4.43. The highest BCUT2D eigenvalue weighted by atomic mass is 19.4. The Morgan fingerprint density at radius 1 is 1.45 bits per heavy atom. The molecular weight excluding hydrogens is 267 g/mol. The number of anilines is 1. The van der Waals surface area contributed by atoms with Crippen LogP contribution in [0.3, 0.4) is 0 Å². The van der Waals surface area contributed by atoms with E-state index in [1.807, 2.05) is 17.9 Å². The Labute approximate surface area is 115 Å². The molecule has 2 unspecified atom stereocenters. The van der Waals surface area contributed by atoms with E-state index in [4.69, 9.17) is 11.0 Å². The predicted octanol–water partition coefficient (Wildman–Crippen LogP) is 2.75. The van der Waals surface area contributed by atoms with Gasteiger partial charge in [-0.1, -0.05) is 0 Å². The lowest BCUT2D eigenvalue weighted by atomic mass is 10.1. The van der Waals surface area contributed by atoms with E-state index in [0.29, 0.717) is 24.7 Å². The number of halogens is 3. The first-order valence-corrected chi connectivity index (χ1v) is 6.45. The molecule has 20 heavy (non-hydrogen) atoms. The summed E-state index contributed by atoms with van der Waals surface area (Å²) < 4.78 is 38.0. The Kier molecular flexibility index (Phi) is 3.91. The van der Waals surface area contributed by atoms with Crippen molar-refractivity contribution in [1.29, 1.82) is 5.26 Å². The fourth-order valence-electron chi connectivity index (χ4n) is 2.70. The molecule has 1 aliphatic heterocycles. The summed E-state index contributed by atoms with van der Waals surface area (Å²) in [6, 6.07) is 5.37. The Morgan fingerprint density at radius 3 is 2.65 bits per heavy atom. The van der Waals surface area contributed by atoms with Gasteiger partial charge in [0.15, 0.2) is 0 Å². The van der Waals surface area contributed by atoms with Gasteiger partial charge >= 0.3 is 6.18 Å². The van der Waals surface area contributed by atoms with E-state index >= 15 is 0 Å². The van der Waals surface area contributed by atoms with Crippen LogP contribution in [0.1, 0.15) is 24.5 Å². The van der Waals surface area contributed by atoms with Crippen molar-refractivity contribution in [3.05, 3.63) is 29.3 Å². The molecular formula is C14H16F3N3. The van der Waals surface area contributed by atoms with Gasteiger partial charge < -0.3 is 10.6 Å². The average molecular weight is 283 g/mol. The van der Waals surface area contributed by atoms with E-state index in [-0.39, 0.29) is 11.6 Å². The summed E-state index contributed by atoms with van der Waals surface area (Å²) in [5.41, 5.74) is 5.47. The Morgan fingerprint density at radius 2 is 2.15 bits per heavy atom. The fourth-order valence-corrected chi connectivity index (χ4v) is 2.70. The number of hydrogen-bond donors (Lipinski definition) is 1. The molecule has 0 aliphatic carbocycles. The van der Waals surface area contributed by atoms with Crippen LogP contribution in [-0.4, -0.2) is 19.1 Å². The van der Waals surface area contributed by atoms with Gasteiger partial charge in [0.2, 0.25) is 0 Å². The maximum atomic E-state index is 12.7. The molecule has 0 amide bonds. The number of nitrogens with zero attached hydrogens (tertiary/aromatic N) is 2. The lowest BCUT2D eigenvalue weighted by Gasteiger charge is -2.25. The number of benzene rings is 1. The Balaban J connectivity index is 2.36. The summed E-state index contributed by atoms with van der Waals surface area (Å²) in [7, 11) is 0. The molecule has 2 N–H and O–H groups in total. The van der Waals surface area contributed by atoms with Crippen molar-refractivity contribution in [3.63, 3.8) is 0 Å². The van der Waals surface area contributed by atoms with Crippen LogP contribution in [0.4, 0.5) is 18.9 Å². The van der Waals surface area contributed by atoms with E-state index in [0.717, 1.165) is 18.6 Å². The van der Waals surface area contributed by atoms with Crippen LogP contribution in [0.2, 0.25) is 0 Å². The normalized spacial score (nSPS) is 22.9. The number of rotatable bonds is 2. The standard InChI is InChI=1S/C14H16F3N3/c1-9-4-10(6-18)8-20(9)13-3-2-12(14(15,16)17)5-11(13)7-19/h2-3,5,9-10H,4,6,8,18H2,1H3. The first kappa shape index (κ1) is 14.7. The smallest absolute Gasteiger partial charge is 0.367 e. The molecule has 0 bridgehead atoms. The zero-order valence-electron chi connectivity index (χ0n) is 11.1. The van der Waals surface area contributed by atoms with Crippen LogP contribution < -0.4 is 10.6 Å². The second-order valence-electron chi connectivity index (χ2n) is 5.18. The highest BCUT2D eigenvalue weighted by Crippen LogP contribution is 2.35. The van der Waals surface area contributed by atoms with Crippen molar-refractivity contribution >= 4 is 5.69 Å². The number of hydrogen-bond acceptors (Lipinski definition) is 3. The van der Waals surface area contributed by atoms with Gasteiger partial charge in [-0.2, -0.15) is 18.4 Å². The number of alkyl halides is 3. The van der Waals surface area contributed by atoms with E-state index in [1.165, 1.54) is 6.07 Å². The van der Waals surface area contributed by atoms with Gasteiger partial charge in [-0.3, -0.25) is 0 Å². The Hall–Kier alpha value is -1.74. The van der Waals surface area contributed by atoms with Crippen LogP contribution >= 0.6 is 0 Å². The van der Waals surface area contributed by atoms with Crippen molar-refractivity contribution in [2.75, 3.05) is 18.0 Å². The molecule has 1 aromatic rings. The monoisotopic (exact) mass is 283 g/mol. The van der Waals surface area contributed by atoms with Gasteiger partial charge in [0.25, 0.3) is 0 Å². The molecule has 2 atom stereocenters. The highest BCUT2D eigenvalue weighted by molar-refractivity contribution is 5.62. The topological polar surface area (TPSA) is 53.0 Å². The highest BCUT2D eigenvalue weighted by Gasteiger charge is 2.33. The molecule has 2 rings (SSSR count). The van der Waals surface area contributed by atoms with E-state index < -0.39 is 11.7 Å². The molecule has 1 fully saturated rings. The zero-order valence-corrected chi connectivity index (χ0v) is 11.1. The summed E-state index contributed by atoms with van der Waals surface area (Å²) >= 11 is 0. The van der Waals surface area contributed by atoms with Crippen molar-refractivity contribution in [1.82, 2.24) is 0 Å². The SMILES string of the molecule is CC1CC(CN)CN1c1ccc(C(F)(F)F)cc1C#N. The molecule has 1 aliphatic rings. The van der Waals surface area contributed by atoms with E-state index in [2.05, 4.69) is 0 Å². The molecule has 3 nitrogen and oxygen atoms in total. The quantitative estimate of drug-likeness (QED) is 0.908. The molecule has 1 heterocycles. The first-order valence-electron chi connectivity index (χ1n) is 6.45. The van der Waals surface area contributed by atoms with E-state index in [9.17, 15) is 13.2 Å². The van der Waals surface area contributed by atoms with Crippen LogP contribution in [0.15, 0.2) is 18.2 Å². The maximum absolute atomic E-state index is 12.7. The molecule has 0 aromatic heterocycles. The third-order valence-electron chi connectivity index (χ3n) is 3.75. The molecule has 1 aromatic carbocycles. The van der Waals surface area contributed by atoms with Crippen LogP contribution in [0.5, 0.6) is 0 Å². The average Bonchev–Trinajstić information content (AvgIpc) is 2.78. The van der Waals surface area contributed by atoms with Gasteiger partial charge in [0, 0.05) is 12.6 Å². The van der Waals surface area contributed by atoms with Crippen molar-refractivity contribution in [2.45, 2.75) is 25.6 Å². The molecule has 6 heteroatoms. The summed E-state index contributed by atoms with van der Waals surface area (Å²) in [4.78, 5) is 1.97. The molecule has 108 valence electrons. The van der Waals surface area contributed by atoms with Gasteiger partial charge in [0.1, 0.15) is 6.07 Å². The van der Waals surface area contributed by atoms with Crippen molar-refractivity contribution < 1.29 is 13.2 Å². The first-order chi connectivity index (χ1) is 9.36. The largest absolute Gasteiger partial charge is 0.416 e.